The second-order valence-corrected chi connectivity index (χ2v) is 11.2. The molecule has 0 saturated carbocycles. The summed E-state index contributed by atoms with van der Waals surface area (Å²) < 4.78 is 36.4. The predicted octanol–water partition coefficient (Wildman–Crippen LogP) is 3.69. The summed E-state index contributed by atoms with van der Waals surface area (Å²) in [5.41, 5.74) is 4.48. The fourth-order valence-corrected chi connectivity index (χ4v) is 5.84. The SMILES string of the molecule is CNCCOc1ccc2c(c1)C(Cc1ccccc1)C(N1CCCC1)CC2.Cn1cc(S(=O)(=O)O)cn1. The Kier molecular flexibility index (Phi) is 9.37. The summed E-state index contributed by atoms with van der Waals surface area (Å²) in [4.78, 5) is 2.57. The first-order valence-electron chi connectivity index (χ1n) is 13.0. The van der Waals surface area contributed by atoms with Crippen molar-refractivity contribution in [3.05, 3.63) is 77.6 Å². The molecule has 37 heavy (non-hydrogen) atoms. The number of likely N-dealkylation sites (tertiary alicyclic amines) is 1. The van der Waals surface area contributed by atoms with Gasteiger partial charge in [0, 0.05) is 31.7 Å². The molecule has 0 bridgehead atoms. The summed E-state index contributed by atoms with van der Waals surface area (Å²) in [5, 5.41) is 6.71. The van der Waals surface area contributed by atoms with Gasteiger partial charge in [0.15, 0.2) is 0 Å². The fourth-order valence-electron chi connectivity index (χ4n) is 5.37. The number of nitrogens with zero attached hydrogens (tertiary/aromatic N) is 3. The van der Waals surface area contributed by atoms with Gasteiger partial charge in [0.05, 0.1) is 6.20 Å². The van der Waals surface area contributed by atoms with Crippen LogP contribution in [-0.2, 0) is 30.0 Å². The number of aryl methyl sites for hydroxylation is 2. The number of benzene rings is 2. The molecule has 2 heterocycles. The van der Waals surface area contributed by atoms with Gasteiger partial charge in [0.1, 0.15) is 17.3 Å². The zero-order chi connectivity index (χ0) is 26.3. The van der Waals surface area contributed by atoms with Crippen molar-refractivity contribution in [2.45, 2.75) is 49.0 Å². The lowest BCUT2D eigenvalue weighted by Gasteiger charge is -2.39. The van der Waals surface area contributed by atoms with E-state index >= 15 is 0 Å². The first-order valence-corrected chi connectivity index (χ1v) is 14.4. The van der Waals surface area contributed by atoms with Crippen molar-refractivity contribution in [1.82, 2.24) is 20.0 Å². The molecular weight excluding hydrogens is 488 g/mol. The molecule has 8 nitrogen and oxygen atoms in total. The van der Waals surface area contributed by atoms with Crippen LogP contribution < -0.4 is 10.1 Å². The molecule has 2 aliphatic rings. The van der Waals surface area contributed by atoms with E-state index < -0.39 is 10.1 Å². The Balaban J connectivity index is 0.000000270. The van der Waals surface area contributed by atoms with Gasteiger partial charge in [0.2, 0.25) is 0 Å². The van der Waals surface area contributed by atoms with Crippen LogP contribution in [0.3, 0.4) is 0 Å². The number of fused-ring (bicyclic) bond motifs is 1. The van der Waals surface area contributed by atoms with Crippen molar-refractivity contribution in [2.24, 2.45) is 7.05 Å². The maximum Gasteiger partial charge on any atom is 0.297 e. The molecule has 0 spiro atoms. The van der Waals surface area contributed by atoms with Gasteiger partial charge < -0.3 is 10.1 Å². The molecule has 2 unspecified atom stereocenters. The van der Waals surface area contributed by atoms with Crippen molar-refractivity contribution in [1.29, 1.82) is 0 Å². The summed E-state index contributed by atoms with van der Waals surface area (Å²) >= 11 is 0. The lowest BCUT2D eigenvalue weighted by molar-refractivity contribution is 0.188. The number of aromatic nitrogens is 2. The number of likely N-dealkylation sites (N-methyl/N-ethyl adjacent to an activating group) is 1. The molecule has 0 radical (unpaired) electrons. The van der Waals surface area contributed by atoms with E-state index in [0.717, 1.165) is 24.9 Å². The number of nitrogens with one attached hydrogen (secondary N) is 1. The Labute approximate surface area is 220 Å². The third kappa shape index (κ3) is 7.41. The quantitative estimate of drug-likeness (QED) is 0.341. The average Bonchev–Trinajstić information content (AvgIpc) is 3.58. The molecule has 1 fully saturated rings. The fraction of sp³-hybridized carbons (Fsp3) is 0.464. The van der Waals surface area contributed by atoms with E-state index in [1.54, 1.807) is 7.05 Å². The van der Waals surface area contributed by atoms with E-state index in [0.29, 0.717) is 18.6 Å². The van der Waals surface area contributed by atoms with Gasteiger partial charge >= 0.3 is 0 Å². The minimum Gasteiger partial charge on any atom is -0.492 e. The molecule has 9 heteroatoms. The molecular formula is C28H38N4O4S. The van der Waals surface area contributed by atoms with Gasteiger partial charge in [-0.2, -0.15) is 13.5 Å². The predicted molar refractivity (Wildman–Crippen MR) is 145 cm³/mol. The van der Waals surface area contributed by atoms with Crippen molar-refractivity contribution in [3.63, 3.8) is 0 Å². The van der Waals surface area contributed by atoms with Gasteiger partial charge in [-0.15, -0.1) is 0 Å². The minimum atomic E-state index is -4.07. The number of hydrogen-bond acceptors (Lipinski definition) is 6. The smallest absolute Gasteiger partial charge is 0.297 e. The molecule has 2 aromatic carbocycles. The molecule has 3 aromatic rings. The van der Waals surface area contributed by atoms with Crippen molar-refractivity contribution < 1.29 is 17.7 Å². The van der Waals surface area contributed by atoms with Gasteiger partial charge in [0.25, 0.3) is 10.1 Å². The third-order valence-corrected chi connectivity index (χ3v) is 8.01. The first kappa shape index (κ1) is 27.3. The molecule has 2 atom stereocenters. The second-order valence-electron chi connectivity index (χ2n) is 9.78. The number of rotatable bonds is 8. The zero-order valence-electron chi connectivity index (χ0n) is 21.7. The van der Waals surface area contributed by atoms with Crippen LogP contribution in [-0.4, -0.2) is 67.0 Å². The van der Waals surface area contributed by atoms with Crippen molar-refractivity contribution in [2.75, 3.05) is 33.3 Å². The Morgan fingerprint density at radius 1 is 1.14 bits per heavy atom. The first-order chi connectivity index (χ1) is 17.8. The molecule has 200 valence electrons. The van der Waals surface area contributed by atoms with E-state index in [9.17, 15) is 8.42 Å². The van der Waals surface area contributed by atoms with Crippen LogP contribution in [0.1, 0.15) is 41.9 Å². The van der Waals surface area contributed by atoms with Crippen LogP contribution >= 0.6 is 0 Å². The summed E-state index contributed by atoms with van der Waals surface area (Å²) in [6.07, 6.45) is 8.60. The zero-order valence-corrected chi connectivity index (χ0v) is 22.5. The van der Waals surface area contributed by atoms with Gasteiger partial charge in [-0.25, -0.2) is 0 Å². The van der Waals surface area contributed by atoms with Crippen LogP contribution in [0.2, 0.25) is 0 Å². The molecule has 5 rings (SSSR count). The third-order valence-electron chi connectivity index (χ3n) is 7.20. The number of hydrogen-bond donors (Lipinski definition) is 2. The Morgan fingerprint density at radius 2 is 1.89 bits per heavy atom. The lowest BCUT2D eigenvalue weighted by Crippen LogP contribution is -2.41. The molecule has 0 amide bonds. The summed E-state index contributed by atoms with van der Waals surface area (Å²) in [6, 6.07) is 18.5. The Morgan fingerprint density at radius 3 is 2.51 bits per heavy atom. The lowest BCUT2D eigenvalue weighted by atomic mass is 9.75. The van der Waals surface area contributed by atoms with Crippen LogP contribution in [0.15, 0.2) is 65.8 Å². The standard InChI is InChI=1S/C24H32N2O.C4H6N2O3S/c1-25-13-16-27-21-11-9-20-10-12-24(26-14-5-6-15-26)23(22(20)18-21)17-19-7-3-2-4-8-19;1-6-3-4(2-5-6)10(7,8)9/h2-4,7-9,11,18,23-25H,5-6,10,12-17H2,1H3;2-3H,1H3,(H,7,8,9). The highest BCUT2D eigenvalue weighted by Gasteiger charge is 2.35. The largest absolute Gasteiger partial charge is 0.492 e. The van der Waals surface area contributed by atoms with Gasteiger partial charge in [-0.05, 0) is 81.1 Å². The van der Waals surface area contributed by atoms with Crippen LogP contribution in [0.25, 0.3) is 0 Å². The maximum absolute atomic E-state index is 10.3. The highest BCUT2D eigenvalue weighted by Crippen LogP contribution is 2.39. The van der Waals surface area contributed by atoms with E-state index in [2.05, 4.69) is 63.8 Å². The monoisotopic (exact) mass is 526 g/mol. The van der Waals surface area contributed by atoms with Gasteiger partial charge in [-0.3, -0.25) is 14.1 Å². The normalized spacial score (nSPS) is 19.6. The highest BCUT2D eigenvalue weighted by atomic mass is 32.2. The van der Waals surface area contributed by atoms with Crippen molar-refractivity contribution in [3.8, 4) is 5.75 Å². The van der Waals surface area contributed by atoms with E-state index in [-0.39, 0.29) is 4.90 Å². The Bertz CT molecular complexity index is 1240. The van der Waals surface area contributed by atoms with E-state index in [1.807, 2.05) is 7.05 Å². The van der Waals surface area contributed by atoms with Gasteiger partial charge in [-0.1, -0.05) is 36.4 Å². The molecule has 1 aliphatic carbocycles. The topological polar surface area (TPSA) is 96.7 Å². The molecule has 1 aromatic heterocycles. The highest BCUT2D eigenvalue weighted by molar-refractivity contribution is 7.85. The maximum atomic E-state index is 10.3. The summed E-state index contributed by atoms with van der Waals surface area (Å²) in [6.45, 7) is 4.13. The Hall–Kier alpha value is -2.72. The molecule has 1 aliphatic heterocycles. The average molecular weight is 527 g/mol. The van der Waals surface area contributed by atoms with E-state index in [1.165, 1.54) is 66.3 Å². The van der Waals surface area contributed by atoms with Crippen LogP contribution in [0.5, 0.6) is 5.75 Å². The van der Waals surface area contributed by atoms with Crippen LogP contribution in [0.4, 0.5) is 0 Å². The van der Waals surface area contributed by atoms with E-state index in [4.69, 9.17) is 9.29 Å². The summed E-state index contributed by atoms with van der Waals surface area (Å²) in [7, 11) is -0.536. The second kappa shape index (κ2) is 12.7. The minimum absolute atomic E-state index is 0.185. The van der Waals surface area contributed by atoms with Crippen molar-refractivity contribution >= 4 is 10.1 Å². The molecule has 2 N–H and O–H groups in total. The molecule has 1 saturated heterocycles. The number of ether oxygens (including phenoxy) is 1. The van der Waals surface area contributed by atoms with Crippen LogP contribution in [0, 0.1) is 0 Å². The summed E-state index contributed by atoms with van der Waals surface area (Å²) in [5.74, 6) is 1.58.